The van der Waals surface area contributed by atoms with Gasteiger partial charge in [0.2, 0.25) is 0 Å². The summed E-state index contributed by atoms with van der Waals surface area (Å²) in [6, 6.07) is 0. The molecule has 5 aliphatic carbocycles. The van der Waals surface area contributed by atoms with Crippen LogP contribution in [0.2, 0.25) is 0 Å². The molecular weight excluding hydrogens is 758 g/mol. The van der Waals surface area contributed by atoms with E-state index in [1.165, 1.54) is 0 Å². The second-order valence-corrected chi connectivity index (χ2v) is 20.0. The van der Waals surface area contributed by atoms with E-state index in [0.717, 1.165) is 31.3 Å². The van der Waals surface area contributed by atoms with Gasteiger partial charge in [0.05, 0.1) is 36.1 Å². The molecule has 6 rings (SSSR count). The number of alkyl halides is 2. The van der Waals surface area contributed by atoms with Gasteiger partial charge in [-0.15, -0.1) is 0 Å². The highest BCUT2D eigenvalue weighted by molar-refractivity contribution is 7.87. The lowest BCUT2D eigenvalue weighted by molar-refractivity contribution is -0.279. The van der Waals surface area contributed by atoms with E-state index in [2.05, 4.69) is 13.0 Å². The normalized spacial score (nSPS) is 39.0. The summed E-state index contributed by atoms with van der Waals surface area (Å²) >= 11 is 0. The van der Waals surface area contributed by atoms with Crippen LogP contribution in [0.4, 0.5) is 8.78 Å². The zero-order valence-corrected chi connectivity index (χ0v) is 33.5. The predicted molar refractivity (Wildman–Crippen MR) is 195 cm³/mol. The monoisotopic (exact) mass is 818 g/mol. The van der Waals surface area contributed by atoms with E-state index < -0.39 is 62.1 Å². The molecule has 318 valence electrons. The highest BCUT2D eigenvalue weighted by atomic mass is 32.2. The van der Waals surface area contributed by atoms with Crippen LogP contribution in [0.25, 0.3) is 0 Å². The van der Waals surface area contributed by atoms with Crippen molar-refractivity contribution in [3.05, 3.63) is 11.6 Å². The number of aliphatic hydroxyl groups excluding tert-OH is 2. The fraction of sp³-hybridized carbons (Fsp3) is 0.875. The van der Waals surface area contributed by atoms with Crippen LogP contribution >= 0.6 is 0 Å². The van der Waals surface area contributed by atoms with E-state index in [4.69, 9.17) is 28.2 Å². The van der Waals surface area contributed by atoms with Crippen LogP contribution in [0.5, 0.6) is 0 Å². The van der Waals surface area contributed by atoms with Crippen molar-refractivity contribution < 1.29 is 70.0 Å². The van der Waals surface area contributed by atoms with Crippen LogP contribution in [0.1, 0.15) is 117 Å². The summed E-state index contributed by atoms with van der Waals surface area (Å²) in [5, 5.41) is 14.9. The molecule has 1 heterocycles. The van der Waals surface area contributed by atoms with Crippen molar-refractivity contribution in [2.75, 3.05) is 33.0 Å². The van der Waals surface area contributed by atoms with Crippen LogP contribution in [0.15, 0.2) is 11.6 Å². The van der Waals surface area contributed by atoms with Gasteiger partial charge in [0.1, 0.15) is 18.8 Å². The lowest BCUT2D eigenvalue weighted by Gasteiger charge is -2.50. The second kappa shape index (κ2) is 17.2. The van der Waals surface area contributed by atoms with Crippen molar-refractivity contribution >= 4 is 28.0 Å². The zero-order chi connectivity index (χ0) is 40.5. The molecule has 1 saturated heterocycles. The van der Waals surface area contributed by atoms with Crippen LogP contribution in [-0.2, 0) is 48.2 Å². The Morgan fingerprint density at radius 2 is 1.71 bits per heavy atom. The van der Waals surface area contributed by atoms with E-state index in [0.29, 0.717) is 63.7 Å². The van der Waals surface area contributed by atoms with E-state index in [1.807, 2.05) is 6.92 Å². The summed E-state index contributed by atoms with van der Waals surface area (Å²) in [6.45, 7) is 3.84. The highest BCUT2D eigenvalue weighted by Crippen LogP contribution is 2.53. The van der Waals surface area contributed by atoms with Gasteiger partial charge in [0, 0.05) is 12.5 Å². The number of aliphatic hydroxyl groups is 2. The van der Waals surface area contributed by atoms with E-state index in [-0.39, 0.29) is 81.9 Å². The quantitative estimate of drug-likeness (QED) is 0.0914. The van der Waals surface area contributed by atoms with Crippen molar-refractivity contribution in [1.29, 1.82) is 0 Å². The Labute approximate surface area is 328 Å². The van der Waals surface area contributed by atoms with Gasteiger partial charge in [0.25, 0.3) is 0 Å². The first-order valence-electron chi connectivity index (χ1n) is 20.5. The number of ether oxygens (including phenoxy) is 5. The second-order valence-electron chi connectivity index (χ2n) is 18.5. The van der Waals surface area contributed by atoms with Crippen molar-refractivity contribution in [2.24, 2.45) is 46.3 Å². The minimum atomic E-state index is -6.04. The van der Waals surface area contributed by atoms with Crippen LogP contribution in [0, 0.1) is 46.3 Å². The number of carbonyl (C=O) groups excluding carboxylic acids is 3. The molecule has 0 amide bonds. The molecule has 0 spiro atoms. The molecule has 5 saturated carbocycles. The van der Waals surface area contributed by atoms with Crippen LogP contribution in [0.3, 0.4) is 0 Å². The Morgan fingerprint density at radius 1 is 0.982 bits per heavy atom. The molecule has 6 aliphatic rings. The Morgan fingerprint density at radius 3 is 2.43 bits per heavy atom. The van der Waals surface area contributed by atoms with Gasteiger partial charge in [-0.05, 0) is 120 Å². The van der Waals surface area contributed by atoms with Crippen LogP contribution < -0.4 is 0 Å². The summed E-state index contributed by atoms with van der Waals surface area (Å²) < 4.78 is 90.1. The number of hydrogen-bond acceptors (Lipinski definition) is 12. The first-order valence-corrected chi connectivity index (χ1v) is 21.9. The van der Waals surface area contributed by atoms with Gasteiger partial charge in [-0.1, -0.05) is 31.9 Å². The van der Waals surface area contributed by atoms with Crippen molar-refractivity contribution in [3.8, 4) is 0 Å². The maximum Gasteiger partial charge on any atom is 0.465 e. The fourth-order valence-electron chi connectivity index (χ4n) is 11.0. The summed E-state index contributed by atoms with van der Waals surface area (Å²) in [6.07, 6.45) is 9.85. The molecule has 56 heavy (non-hydrogen) atoms. The molecule has 13 nitrogen and oxygen atoms in total. The molecule has 9 unspecified atom stereocenters. The Balaban J connectivity index is 1.15. The van der Waals surface area contributed by atoms with Gasteiger partial charge in [-0.3, -0.25) is 14.1 Å². The SMILES string of the molecule is CC(/C=C1\CCCC(C(=O)OCC2(COC(=O)C34CC(C)CC(CC(O)C3)C4)COC(C3CC4CCCC(OC(=O)C(F)(F)S(=O)(=O)O)(C4)C3)OC2)C1)CCO. The lowest BCUT2D eigenvalue weighted by Crippen LogP contribution is -2.55. The van der Waals surface area contributed by atoms with Gasteiger partial charge in [0.15, 0.2) is 6.29 Å². The number of rotatable bonds is 13. The van der Waals surface area contributed by atoms with E-state index in [9.17, 15) is 41.8 Å². The standard InChI is InChI=1S/C40H60F2O13S/c1-25(8-10-43)11-27-5-3-7-30(13-27)33(45)51-21-37(24-54-35(46)38-16-26(2)12-29(17-38)15-32(44)20-38)22-52-34(53-23-37)31-14-28-6-4-9-39(18-28,19-31)55-36(47)40(41,42)56(48,49)50/h11,25-26,28-32,34,43-44H,3-10,12-24H2,1-2H3,(H,48,49,50)/b27-11+. The van der Waals surface area contributed by atoms with Gasteiger partial charge in [-0.25, -0.2) is 4.79 Å². The summed E-state index contributed by atoms with van der Waals surface area (Å²) in [7, 11) is -6.04. The molecule has 0 radical (unpaired) electrons. The Hall–Kier alpha value is -2.24. The summed E-state index contributed by atoms with van der Waals surface area (Å²) in [4.78, 5) is 39.9. The van der Waals surface area contributed by atoms with Crippen molar-refractivity contribution in [2.45, 2.75) is 140 Å². The maximum atomic E-state index is 14.3. The molecule has 0 aromatic heterocycles. The fourth-order valence-corrected chi connectivity index (χ4v) is 11.3. The molecule has 4 bridgehead atoms. The van der Waals surface area contributed by atoms with Gasteiger partial charge >= 0.3 is 33.3 Å². The number of fused-ring (bicyclic) bond motifs is 4. The van der Waals surface area contributed by atoms with Gasteiger partial charge in [-0.2, -0.15) is 17.2 Å². The number of esters is 3. The Kier molecular flexibility index (Phi) is 13.3. The topological polar surface area (TPSA) is 192 Å². The molecule has 3 N–H and O–H groups in total. The van der Waals surface area contributed by atoms with Crippen LogP contribution in [-0.4, -0.2) is 97.4 Å². The Bertz CT molecular complexity index is 1560. The largest absolute Gasteiger partial charge is 0.465 e. The van der Waals surface area contributed by atoms with Crippen molar-refractivity contribution in [1.82, 2.24) is 0 Å². The molecule has 9 atom stereocenters. The number of hydrogen-bond donors (Lipinski definition) is 3. The average Bonchev–Trinajstić information content (AvgIpc) is 3.12. The minimum Gasteiger partial charge on any atom is -0.465 e. The molecule has 16 heteroatoms. The minimum absolute atomic E-state index is 0.0316. The maximum absolute atomic E-state index is 14.3. The number of allylic oxidation sites excluding steroid dienone is 2. The number of halogens is 2. The van der Waals surface area contributed by atoms with Gasteiger partial charge < -0.3 is 33.9 Å². The van der Waals surface area contributed by atoms with E-state index >= 15 is 0 Å². The molecule has 0 aromatic rings. The smallest absolute Gasteiger partial charge is 0.465 e. The third-order valence-electron chi connectivity index (χ3n) is 13.4. The third kappa shape index (κ3) is 9.78. The highest BCUT2D eigenvalue weighted by Gasteiger charge is 2.59. The molecule has 1 aliphatic heterocycles. The zero-order valence-electron chi connectivity index (χ0n) is 32.6. The average molecular weight is 819 g/mol. The van der Waals surface area contributed by atoms with Crippen molar-refractivity contribution in [3.63, 3.8) is 0 Å². The third-order valence-corrected chi connectivity index (χ3v) is 14.2. The predicted octanol–water partition coefficient (Wildman–Crippen LogP) is 5.51. The molecule has 6 fully saturated rings. The first kappa shape index (κ1) is 43.3. The molecule has 0 aromatic carbocycles. The first-order chi connectivity index (χ1) is 26.4. The summed E-state index contributed by atoms with van der Waals surface area (Å²) in [5.41, 5.74) is -2.13. The van der Waals surface area contributed by atoms with E-state index in [1.54, 1.807) is 0 Å². The molecular formula is C40H60F2O13S. The number of carbonyl (C=O) groups is 3. The lowest BCUT2D eigenvalue weighted by atomic mass is 9.58. The summed E-state index contributed by atoms with van der Waals surface area (Å²) in [5.74, 6) is -3.20.